The van der Waals surface area contributed by atoms with E-state index in [1.54, 1.807) is 0 Å². The van der Waals surface area contributed by atoms with Crippen LogP contribution < -0.4 is 11.1 Å². The maximum Gasteiger partial charge on any atom is 0.189 e. The van der Waals surface area contributed by atoms with Gasteiger partial charge in [-0.2, -0.15) is 0 Å². The van der Waals surface area contributed by atoms with Gasteiger partial charge in [0, 0.05) is 12.2 Å². The van der Waals surface area contributed by atoms with Crippen LogP contribution in [0.25, 0.3) is 5.65 Å². The molecule has 0 spiro atoms. The summed E-state index contributed by atoms with van der Waals surface area (Å²) in [6.45, 7) is 4.43. The van der Waals surface area contributed by atoms with Crippen molar-refractivity contribution in [1.29, 1.82) is 0 Å². The number of hydrogen-bond acceptors (Lipinski definition) is 3. The number of fused-ring (bicyclic) bond motifs is 1. The minimum atomic E-state index is 0. The molecule has 0 saturated carbocycles. The lowest BCUT2D eigenvalue weighted by atomic mass is 10.4. The molecule has 2 rings (SSSR count). The van der Waals surface area contributed by atoms with Crippen molar-refractivity contribution in [3.05, 3.63) is 30.2 Å². The van der Waals surface area contributed by atoms with E-state index in [4.69, 9.17) is 5.73 Å². The van der Waals surface area contributed by atoms with E-state index in [0.717, 1.165) is 11.5 Å². The summed E-state index contributed by atoms with van der Waals surface area (Å²) in [6.07, 6.45) is 1.91. The number of nitrogens with one attached hydrogen (secondary N) is 1. The third-order valence-corrected chi connectivity index (χ3v) is 2.21. The van der Waals surface area contributed by atoms with E-state index in [2.05, 4.69) is 20.5 Å². The van der Waals surface area contributed by atoms with Gasteiger partial charge in [-0.05, 0) is 26.0 Å². The molecule has 0 radical (unpaired) electrons. The van der Waals surface area contributed by atoms with Crippen LogP contribution in [0.5, 0.6) is 0 Å². The van der Waals surface area contributed by atoms with Gasteiger partial charge in [0.05, 0.1) is 0 Å². The quantitative estimate of drug-likeness (QED) is 0.489. The van der Waals surface area contributed by atoms with Crippen LogP contribution >= 0.6 is 24.0 Å². The first-order chi connectivity index (χ1) is 8.16. The Morgan fingerprint density at radius 3 is 2.94 bits per heavy atom. The Balaban J connectivity index is 0.00000162. The molecule has 0 aromatic carbocycles. The maximum absolute atomic E-state index is 5.72. The second-order valence-electron chi connectivity index (χ2n) is 4.05. The van der Waals surface area contributed by atoms with Gasteiger partial charge >= 0.3 is 0 Å². The van der Waals surface area contributed by atoms with Crippen molar-refractivity contribution in [2.45, 2.75) is 26.4 Å². The second kappa shape index (κ2) is 6.53. The molecule has 0 aliphatic carbocycles. The van der Waals surface area contributed by atoms with Crippen molar-refractivity contribution in [2.75, 3.05) is 0 Å². The Kier molecular flexibility index (Phi) is 5.32. The van der Waals surface area contributed by atoms with Crippen LogP contribution in [-0.2, 0) is 6.54 Å². The highest BCUT2D eigenvalue weighted by atomic mass is 127. The van der Waals surface area contributed by atoms with Crippen LogP contribution in [0.3, 0.4) is 0 Å². The average Bonchev–Trinajstić information content (AvgIpc) is 2.69. The van der Waals surface area contributed by atoms with Gasteiger partial charge in [-0.3, -0.25) is 4.40 Å². The van der Waals surface area contributed by atoms with E-state index in [-0.39, 0.29) is 30.0 Å². The highest BCUT2D eigenvalue weighted by molar-refractivity contribution is 14.0. The molecule has 0 atom stereocenters. The summed E-state index contributed by atoms with van der Waals surface area (Å²) in [5, 5.41) is 11.1. The lowest BCUT2D eigenvalue weighted by Gasteiger charge is -2.07. The van der Waals surface area contributed by atoms with Crippen LogP contribution in [0.4, 0.5) is 0 Å². The molecule has 6 nitrogen and oxygen atoms in total. The normalized spacial score (nSPS) is 11.6. The van der Waals surface area contributed by atoms with Gasteiger partial charge in [-0.1, -0.05) is 6.07 Å². The Labute approximate surface area is 123 Å². The van der Waals surface area contributed by atoms with Crippen molar-refractivity contribution in [3.63, 3.8) is 0 Å². The lowest BCUT2D eigenvalue weighted by Crippen LogP contribution is -2.36. The fourth-order valence-corrected chi connectivity index (χ4v) is 1.50. The summed E-state index contributed by atoms with van der Waals surface area (Å²) in [7, 11) is 0. The molecule has 0 fully saturated rings. The number of rotatable bonds is 3. The SMILES string of the molecule is CC(C)NC(N)=NCc1nnc2ccccn12.I. The molecule has 7 heteroatoms. The van der Waals surface area contributed by atoms with Crippen molar-refractivity contribution in [3.8, 4) is 0 Å². The molecule has 18 heavy (non-hydrogen) atoms. The van der Waals surface area contributed by atoms with E-state index in [0.29, 0.717) is 12.5 Å². The maximum atomic E-state index is 5.72. The van der Waals surface area contributed by atoms with Crippen LogP contribution in [0.1, 0.15) is 19.7 Å². The van der Waals surface area contributed by atoms with Gasteiger partial charge in [0.25, 0.3) is 0 Å². The largest absolute Gasteiger partial charge is 0.370 e. The van der Waals surface area contributed by atoms with E-state index in [1.165, 1.54) is 0 Å². The molecule has 0 saturated heterocycles. The Bertz CT molecular complexity index is 533. The monoisotopic (exact) mass is 360 g/mol. The van der Waals surface area contributed by atoms with Crippen molar-refractivity contribution in [2.24, 2.45) is 10.7 Å². The van der Waals surface area contributed by atoms with E-state index in [9.17, 15) is 0 Å². The second-order valence-corrected chi connectivity index (χ2v) is 4.05. The Morgan fingerprint density at radius 1 is 1.44 bits per heavy atom. The van der Waals surface area contributed by atoms with Gasteiger partial charge in [0.1, 0.15) is 6.54 Å². The lowest BCUT2D eigenvalue weighted by molar-refractivity contribution is 0.721. The molecule has 3 N–H and O–H groups in total. The van der Waals surface area contributed by atoms with Crippen LogP contribution in [-0.4, -0.2) is 26.6 Å². The van der Waals surface area contributed by atoms with Gasteiger partial charge in [-0.15, -0.1) is 34.2 Å². The van der Waals surface area contributed by atoms with Gasteiger partial charge in [-0.25, -0.2) is 4.99 Å². The summed E-state index contributed by atoms with van der Waals surface area (Å²) in [4.78, 5) is 4.22. The molecule has 0 bridgehead atoms. The minimum absolute atomic E-state index is 0. The standard InChI is InChI=1S/C11H16N6.HI/c1-8(2)14-11(12)13-7-10-16-15-9-5-3-4-6-17(9)10;/h3-6,8H,7H2,1-2H3,(H3,12,13,14);1H. The summed E-state index contributed by atoms with van der Waals surface area (Å²) in [5.74, 6) is 1.20. The summed E-state index contributed by atoms with van der Waals surface area (Å²) in [6, 6.07) is 6.02. The first-order valence-electron chi connectivity index (χ1n) is 5.52. The third-order valence-electron chi connectivity index (χ3n) is 2.21. The number of halogens is 1. The number of hydrogen-bond donors (Lipinski definition) is 2. The number of nitrogens with zero attached hydrogens (tertiary/aromatic N) is 4. The Hall–Kier alpha value is -1.38. The molecule has 2 aromatic heterocycles. The van der Waals surface area contributed by atoms with Crippen molar-refractivity contribution >= 4 is 35.6 Å². The van der Waals surface area contributed by atoms with E-state index < -0.39 is 0 Å². The first kappa shape index (κ1) is 14.7. The topological polar surface area (TPSA) is 80.6 Å². The summed E-state index contributed by atoms with van der Waals surface area (Å²) < 4.78 is 1.89. The highest BCUT2D eigenvalue weighted by Crippen LogP contribution is 2.03. The molecule has 0 aliphatic rings. The smallest absolute Gasteiger partial charge is 0.189 e. The van der Waals surface area contributed by atoms with E-state index in [1.807, 2.05) is 42.6 Å². The number of nitrogens with two attached hydrogens (primary N) is 1. The summed E-state index contributed by atoms with van der Waals surface area (Å²) >= 11 is 0. The highest BCUT2D eigenvalue weighted by Gasteiger charge is 2.03. The fraction of sp³-hybridized carbons (Fsp3) is 0.364. The Morgan fingerprint density at radius 2 is 2.22 bits per heavy atom. The zero-order valence-electron chi connectivity index (χ0n) is 10.4. The van der Waals surface area contributed by atoms with Gasteiger partial charge < -0.3 is 11.1 Å². The molecule has 0 amide bonds. The predicted molar refractivity (Wildman–Crippen MR) is 82.0 cm³/mol. The van der Waals surface area contributed by atoms with E-state index >= 15 is 0 Å². The number of pyridine rings is 1. The van der Waals surface area contributed by atoms with Crippen LogP contribution in [0, 0.1) is 0 Å². The molecule has 98 valence electrons. The van der Waals surface area contributed by atoms with Crippen LogP contribution in [0.15, 0.2) is 29.4 Å². The van der Waals surface area contributed by atoms with Crippen molar-refractivity contribution < 1.29 is 0 Å². The van der Waals surface area contributed by atoms with Gasteiger partial charge in [0.15, 0.2) is 17.4 Å². The fourth-order valence-electron chi connectivity index (χ4n) is 1.50. The summed E-state index contributed by atoms with van der Waals surface area (Å²) in [5.41, 5.74) is 6.53. The number of aliphatic imine (C=N–C) groups is 1. The first-order valence-corrected chi connectivity index (χ1v) is 5.52. The van der Waals surface area contributed by atoms with Crippen LogP contribution in [0.2, 0.25) is 0 Å². The number of aromatic nitrogens is 3. The zero-order valence-corrected chi connectivity index (χ0v) is 12.7. The molecule has 2 aromatic rings. The molecule has 2 heterocycles. The van der Waals surface area contributed by atoms with Crippen molar-refractivity contribution in [1.82, 2.24) is 19.9 Å². The average molecular weight is 360 g/mol. The minimum Gasteiger partial charge on any atom is -0.370 e. The predicted octanol–water partition coefficient (Wildman–Crippen LogP) is 1.16. The molecular weight excluding hydrogens is 343 g/mol. The zero-order chi connectivity index (χ0) is 12.3. The molecular formula is C11H17IN6. The number of guanidine groups is 1. The molecule has 0 aliphatic heterocycles. The third kappa shape index (κ3) is 3.56. The van der Waals surface area contributed by atoms with Gasteiger partial charge in [0.2, 0.25) is 0 Å². The molecule has 0 unspecified atom stereocenters.